The molecule has 1 atom stereocenters. The van der Waals surface area contributed by atoms with Gasteiger partial charge in [0, 0.05) is 54.0 Å². The quantitative estimate of drug-likeness (QED) is 0.322. The van der Waals surface area contributed by atoms with Crippen molar-refractivity contribution in [2.45, 2.75) is 75.1 Å². The van der Waals surface area contributed by atoms with Gasteiger partial charge in [0.05, 0.1) is 0 Å². The van der Waals surface area contributed by atoms with E-state index < -0.39 is 6.04 Å². The monoisotopic (exact) mass is 473 g/mol. The van der Waals surface area contributed by atoms with E-state index in [1.165, 1.54) is 12.5 Å². The minimum atomic E-state index is -0.486. The zero-order chi connectivity index (χ0) is 23.2. The topological polar surface area (TPSA) is 71.4 Å². The highest BCUT2D eigenvalue weighted by Crippen LogP contribution is 2.33. The highest BCUT2D eigenvalue weighted by Gasteiger charge is 2.28. The molecule has 2 fully saturated rings. The van der Waals surface area contributed by atoms with E-state index in [-0.39, 0.29) is 17.6 Å². The maximum absolute atomic E-state index is 14.4. The summed E-state index contributed by atoms with van der Waals surface area (Å²) in [6.45, 7) is 1.85. The molecular weight excluding hydrogens is 441 g/mol. The smallest absolute Gasteiger partial charge is 0.249 e. The predicted molar refractivity (Wildman–Crippen MR) is 128 cm³/mol. The van der Waals surface area contributed by atoms with Crippen LogP contribution in [-0.2, 0) is 14.4 Å². The normalized spacial score (nSPS) is 19.2. The summed E-state index contributed by atoms with van der Waals surface area (Å²) < 4.78 is 16.2. The molecule has 2 aliphatic heterocycles. The predicted octanol–water partition coefficient (Wildman–Crippen LogP) is 4.81. The molecule has 2 saturated heterocycles. The lowest BCUT2D eigenvalue weighted by Gasteiger charge is -2.26. The number of hydrogen-bond donors (Lipinski definition) is 1. The fourth-order valence-corrected chi connectivity index (χ4v) is 5.73. The molecule has 0 bridgehead atoms. The van der Waals surface area contributed by atoms with Gasteiger partial charge in [-0.05, 0) is 56.4 Å². The van der Waals surface area contributed by atoms with Gasteiger partial charge in [0.2, 0.25) is 17.7 Å². The number of nitrogens with zero attached hydrogens (tertiary/aromatic N) is 2. The SMILES string of the molecule is O=C1CCC(n2cc3c(F)ccc(SCCCCCCC(=O)N4CCCCC4)c3c2)C(=O)N1. The van der Waals surface area contributed by atoms with Crippen molar-refractivity contribution in [2.24, 2.45) is 0 Å². The molecule has 4 rings (SSSR count). The number of likely N-dealkylation sites (tertiary alicyclic amines) is 1. The van der Waals surface area contributed by atoms with Gasteiger partial charge < -0.3 is 9.47 Å². The average Bonchev–Trinajstić information content (AvgIpc) is 3.26. The number of aromatic nitrogens is 1. The average molecular weight is 474 g/mol. The molecule has 6 nitrogen and oxygen atoms in total. The van der Waals surface area contributed by atoms with Crippen molar-refractivity contribution >= 4 is 40.3 Å². The summed E-state index contributed by atoms with van der Waals surface area (Å²) in [5.41, 5.74) is 0. The van der Waals surface area contributed by atoms with Crippen molar-refractivity contribution in [2.75, 3.05) is 18.8 Å². The van der Waals surface area contributed by atoms with Crippen molar-refractivity contribution in [3.05, 3.63) is 30.3 Å². The lowest BCUT2D eigenvalue weighted by atomic mass is 10.1. The molecule has 1 N–H and O–H groups in total. The van der Waals surface area contributed by atoms with E-state index in [9.17, 15) is 18.8 Å². The third-order valence-electron chi connectivity index (χ3n) is 6.57. The third kappa shape index (κ3) is 5.96. The van der Waals surface area contributed by atoms with E-state index in [0.717, 1.165) is 67.6 Å². The van der Waals surface area contributed by atoms with Crippen LogP contribution in [0.1, 0.15) is 70.3 Å². The molecule has 0 spiro atoms. The van der Waals surface area contributed by atoms with Gasteiger partial charge in [-0.25, -0.2) is 4.39 Å². The Morgan fingerprint density at radius 2 is 1.79 bits per heavy atom. The molecule has 2 aromatic rings. The Morgan fingerprint density at radius 3 is 2.58 bits per heavy atom. The van der Waals surface area contributed by atoms with Crippen molar-refractivity contribution in [1.82, 2.24) is 14.8 Å². The summed E-state index contributed by atoms with van der Waals surface area (Å²) in [6, 6.07) is 2.79. The first-order chi connectivity index (χ1) is 16.0. The maximum Gasteiger partial charge on any atom is 0.249 e. The molecule has 1 unspecified atom stereocenters. The Bertz CT molecular complexity index is 1020. The van der Waals surface area contributed by atoms with Crippen LogP contribution in [0.2, 0.25) is 0 Å². The molecule has 2 aliphatic rings. The van der Waals surface area contributed by atoms with E-state index in [4.69, 9.17) is 0 Å². The second-order valence-corrected chi connectivity index (χ2v) is 10.1. The van der Waals surface area contributed by atoms with Crippen LogP contribution in [0.4, 0.5) is 4.39 Å². The summed E-state index contributed by atoms with van der Waals surface area (Å²) in [4.78, 5) is 38.9. The molecule has 3 heterocycles. The number of amides is 3. The Hall–Kier alpha value is -2.35. The molecule has 3 amide bonds. The summed E-state index contributed by atoms with van der Waals surface area (Å²) in [6.07, 6.45) is 12.5. The van der Waals surface area contributed by atoms with Crippen molar-refractivity contribution in [1.29, 1.82) is 0 Å². The van der Waals surface area contributed by atoms with Gasteiger partial charge in [-0.1, -0.05) is 12.8 Å². The second-order valence-electron chi connectivity index (χ2n) is 9.00. The third-order valence-corrected chi connectivity index (χ3v) is 7.73. The largest absolute Gasteiger partial charge is 0.343 e. The number of halogens is 1. The Kier molecular flexibility index (Phi) is 8.06. The fourth-order valence-electron chi connectivity index (χ4n) is 4.68. The van der Waals surface area contributed by atoms with Crippen LogP contribution in [-0.4, -0.2) is 46.0 Å². The van der Waals surface area contributed by atoms with Crippen LogP contribution in [0.15, 0.2) is 29.4 Å². The maximum atomic E-state index is 14.4. The summed E-state index contributed by atoms with van der Waals surface area (Å²) >= 11 is 1.70. The minimum Gasteiger partial charge on any atom is -0.343 e. The molecule has 0 saturated carbocycles. The van der Waals surface area contributed by atoms with Crippen LogP contribution in [0.3, 0.4) is 0 Å². The van der Waals surface area contributed by atoms with Crippen LogP contribution in [0.5, 0.6) is 0 Å². The standard InChI is InChI=1S/C25H32FN3O3S/c26-20-9-11-22(19-17-29(16-18(19)20)21-10-12-23(30)27-25(21)32)33-15-7-2-1-4-8-24(31)28-13-5-3-6-14-28/h9,11,16-17,21H,1-8,10,12-15H2,(H,27,30,32). The summed E-state index contributed by atoms with van der Waals surface area (Å²) in [7, 11) is 0. The second kappa shape index (κ2) is 11.2. The van der Waals surface area contributed by atoms with E-state index in [1.54, 1.807) is 28.6 Å². The summed E-state index contributed by atoms with van der Waals surface area (Å²) in [5.74, 6) is 0.327. The van der Waals surface area contributed by atoms with Gasteiger partial charge in [0.1, 0.15) is 11.9 Å². The zero-order valence-corrected chi connectivity index (χ0v) is 19.8. The number of nitrogens with one attached hydrogen (secondary N) is 1. The highest BCUT2D eigenvalue weighted by molar-refractivity contribution is 7.99. The number of fused-ring (bicyclic) bond motifs is 1. The summed E-state index contributed by atoms with van der Waals surface area (Å²) in [5, 5.41) is 3.67. The molecule has 33 heavy (non-hydrogen) atoms. The fraction of sp³-hybridized carbons (Fsp3) is 0.560. The van der Waals surface area contributed by atoms with E-state index >= 15 is 0 Å². The van der Waals surface area contributed by atoms with Crippen LogP contribution < -0.4 is 5.32 Å². The minimum absolute atomic E-state index is 0.258. The Morgan fingerprint density at radius 1 is 1.03 bits per heavy atom. The molecule has 0 radical (unpaired) electrons. The van der Waals surface area contributed by atoms with Crippen LogP contribution in [0.25, 0.3) is 10.8 Å². The number of rotatable bonds is 9. The molecule has 178 valence electrons. The molecule has 0 aliphatic carbocycles. The zero-order valence-electron chi connectivity index (χ0n) is 19.0. The van der Waals surface area contributed by atoms with Crippen LogP contribution >= 0.6 is 11.8 Å². The molecule has 8 heteroatoms. The van der Waals surface area contributed by atoms with Gasteiger partial charge in [-0.2, -0.15) is 0 Å². The Labute approximate surface area is 198 Å². The highest BCUT2D eigenvalue weighted by atomic mass is 32.2. The van der Waals surface area contributed by atoms with E-state index in [2.05, 4.69) is 5.32 Å². The number of hydrogen-bond acceptors (Lipinski definition) is 4. The number of unbranched alkanes of at least 4 members (excludes halogenated alkanes) is 3. The van der Waals surface area contributed by atoms with E-state index in [0.29, 0.717) is 30.6 Å². The van der Waals surface area contributed by atoms with Crippen LogP contribution in [0, 0.1) is 5.82 Å². The van der Waals surface area contributed by atoms with Crippen molar-refractivity contribution < 1.29 is 18.8 Å². The Balaban J connectivity index is 1.25. The van der Waals surface area contributed by atoms with Gasteiger partial charge in [0.15, 0.2) is 0 Å². The molecule has 1 aromatic heterocycles. The van der Waals surface area contributed by atoms with Gasteiger partial charge >= 0.3 is 0 Å². The number of piperidine rings is 2. The lowest BCUT2D eigenvalue weighted by molar-refractivity contribution is -0.136. The number of carbonyl (C=O) groups excluding carboxylic acids is 3. The van der Waals surface area contributed by atoms with Gasteiger partial charge in [-0.3, -0.25) is 19.7 Å². The number of thioether (sulfide) groups is 1. The van der Waals surface area contributed by atoms with Crippen molar-refractivity contribution in [3.8, 4) is 0 Å². The number of imide groups is 1. The first-order valence-electron chi connectivity index (χ1n) is 12.1. The number of benzene rings is 1. The van der Waals surface area contributed by atoms with Gasteiger partial charge in [0.25, 0.3) is 0 Å². The van der Waals surface area contributed by atoms with Gasteiger partial charge in [-0.15, -0.1) is 11.8 Å². The number of carbonyl (C=O) groups is 3. The molecular formula is C25H32FN3O3S. The molecule has 1 aromatic carbocycles. The lowest BCUT2D eigenvalue weighted by Crippen LogP contribution is -2.41. The first-order valence-corrected chi connectivity index (χ1v) is 13.1. The van der Waals surface area contributed by atoms with Crippen molar-refractivity contribution in [3.63, 3.8) is 0 Å². The first kappa shape index (κ1) is 23.8. The van der Waals surface area contributed by atoms with E-state index in [1.807, 2.05) is 11.1 Å².